The van der Waals surface area contributed by atoms with E-state index in [2.05, 4.69) is 14.9 Å². The van der Waals surface area contributed by atoms with Gasteiger partial charge in [0.25, 0.3) is 0 Å². The van der Waals surface area contributed by atoms with E-state index in [4.69, 9.17) is 0 Å². The summed E-state index contributed by atoms with van der Waals surface area (Å²) in [5, 5.41) is 17.2. The van der Waals surface area contributed by atoms with Crippen molar-refractivity contribution in [3.63, 3.8) is 0 Å². The van der Waals surface area contributed by atoms with Crippen LogP contribution in [0.1, 0.15) is 45.0 Å². The molecule has 1 rings (SSSR count). The summed E-state index contributed by atoms with van der Waals surface area (Å²) in [6.45, 7) is 7.53. The zero-order valence-corrected chi connectivity index (χ0v) is 8.53. The zero-order chi connectivity index (χ0) is 10.1. The summed E-state index contributed by atoms with van der Waals surface area (Å²) in [6, 6.07) is 0. The maximum atomic E-state index is 9.59. The summed E-state index contributed by atoms with van der Waals surface area (Å²) in [4.78, 5) is 0. The van der Waals surface area contributed by atoms with Crippen LogP contribution in [0.15, 0.2) is 4.63 Å². The summed E-state index contributed by atoms with van der Waals surface area (Å²) in [5.74, 6) is 0.281. The molecule has 1 N–H and O–H groups in total. The fourth-order valence-electron chi connectivity index (χ4n) is 1.18. The molecule has 13 heavy (non-hydrogen) atoms. The first-order valence-corrected chi connectivity index (χ1v) is 4.44. The Balaban J connectivity index is 2.83. The molecule has 4 heteroatoms. The molecule has 0 fully saturated rings. The van der Waals surface area contributed by atoms with Crippen LogP contribution in [0.3, 0.4) is 0 Å². The Bertz CT molecular complexity index is 273. The molecule has 0 aromatic carbocycles. The van der Waals surface area contributed by atoms with Gasteiger partial charge in [-0.3, -0.25) is 0 Å². The van der Waals surface area contributed by atoms with Crippen LogP contribution in [0.2, 0.25) is 0 Å². The van der Waals surface area contributed by atoms with Gasteiger partial charge in [0.05, 0.1) is 5.60 Å². The zero-order valence-electron chi connectivity index (χ0n) is 8.53. The molecule has 74 valence electrons. The minimum Gasteiger partial charge on any atom is -0.390 e. The normalized spacial score (nSPS) is 12.5. The minimum absolute atomic E-state index is 0.281. The maximum Gasteiger partial charge on any atom is 0.111 e. The van der Waals surface area contributed by atoms with Gasteiger partial charge >= 0.3 is 0 Å². The first-order valence-electron chi connectivity index (χ1n) is 4.44. The lowest BCUT2D eigenvalue weighted by atomic mass is 9.98. The molecule has 1 aromatic rings. The van der Waals surface area contributed by atoms with Crippen LogP contribution in [0.4, 0.5) is 0 Å². The van der Waals surface area contributed by atoms with Crippen LogP contribution in [-0.4, -0.2) is 21.0 Å². The average Bonchev–Trinajstić information content (AvgIpc) is 2.31. The summed E-state index contributed by atoms with van der Waals surface area (Å²) in [6.07, 6.45) is 0.476. The van der Waals surface area contributed by atoms with Crippen molar-refractivity contribution < 1.29 is 9.74 Å². The predicted octanol–water partition coefficient (Wildman–Crippen LogP) is 1.51. The van der Waals surface area contributed by atoms with Gasteiger partial charge in [-0.15, -0.1) is 0 Å². The van der Waals surface area contributed by atoms with Crippen LogP contribution in [0.25, 0.3) is 0 Å². The second-order valence-corrected chi connectivity index (χ2v) is 4.24. The fourth-order valence-corrected chi connectivity index (χ4v) is 1.18. The molecule has 0 amide bonds. The Hall–Kier alpha value is -0.900. The smallest absolute Gasteiger partial charge is 0.111 e. The van der Waals surface area contributed by atoms with Crippen molar-refractivity contribution in [3.8, 4) is 0 Å². The summed E-state index contributed by atoms with van der Waals surface area (Å²) < 4.78 is 4.64. The number of nitrogens with zero attached hydrogens (tertiary/aromatic N) is 2. The molecule has 0 aliphatic rings. The van der Waals surface area contributed by atoms with Crippen molar-refractivity contribution in [2.75, 3.05) is 0 Å². The van der Waals surface area contributed by atoms with E-state index in [0.717, 1.165) is 11.4 Å². The van der Waals surface area contributed by atoms with Crippen molar-refractivity contribution >= 4 is 0 Å². The van der Waals surface area contributed by atoms with Crippen molar-refractivity contribution in [1.82, 2.24) is 10.3 Å². The van der Waals surface area contributed by atoms with E-state index in [-0.39, 0.29) is 5.92 Å². The summed E-state index contributed by atoms with van der Waals surface area (Å²) in [5.41, 5.74) is 0.826. The third kappa shape index (κ3) is 2.81. The average molecular weight is 184 g/mol. The lowest BCUT2D eigenvalue weighted by Crippen LogP contribution is -2.23. The van der Waals surface area contributed by atoms with Crippen LogP contribution >= 0.6 is 0 Å². The highest BCUT2D eigenvalue weighted by atomic mass is 16.6. The van der Waals surface area contributed by atoms with Gasteiger partial charge in [0.2, 0.25) is 0 Å². The van der Waals surface area contributed by atoms with E-state index in [9.17, 15) is 5.11 Å². The Kier molecular flexibility index (Phi) is 2.71. The highest BCUT2D eigenvalue weighted by Crippen LogP contribution is 2.19. The SMILES string of the molecule is CC(C)c1nonc1CC(C)(C)O. The second-order valence-electron chi connectivity index (χ2n) is 4.24. The van der Waals surface area contributed by atoms with Crippen molar-refractivity contribution in [1.29, 1.82) is 0 Å². The van der Waals surface area contributed by atoms with Gasteiger partial charge < -0.3 is 5.11 Å². The molecule has 0 aliphatic heterocycles. The minimum atomic E-state index is -0.762. The van der Waals surface area contributed by atoms with Gasteiger partial charge in [-0.2, -0.15) is 0 Å². The van der Waals surface area contributed by atoms with Gasteiger partial charge in [-0.1, -0.05) is 24.2 Å². The van der Waals surface area contributed by atoms with Crippen molar-refractivity contribution in [2.24, 2.45) is 0 Å². The van der Waals surface area contributed by atoms with Gasteiger partial charge in [-0.05, 0) is 13.8 Å². The molecule has 0 saturated heterocycles. The molecular formula is C9H16N2O2. The molecule has 0 aliphatic carbocycles. The van der Waals surface area contributed by atoms with Crippen LogP contribution in [-0.2, 0) is 6.42 Å². The third-order valence-corrected chi connectivity index (χ3v) is 1.73. The van der Waals surface area contributed by atoms with Crippen LogP contribution < -0.4 is 0 Å². The highest BCUT2D eigenvalue weighted by Gasteiger charge is 2.21. The molecule has 0 saturated carbocycles. The third-order valence-electron chi connectivity index (χ3n) is 1.73. The standard InChI is InChI=1S/C9H16N2O2/c1-6(2)8-7(10-13-11-8)5-9(3,4)12/h6,12H,5H2,1-4H3. The Morgan fingerprint density at radius 1 is 1.38 bits per heavy atom. The number of aromatic nitrogens is 2. The molecule has 0 radical (unpaired) electrons. The van der Waals surface area contributed by atoms with E-state index < -0.39 is 5.60 Å². The van der Waals surface area contributed by atoms with Gasteiger partial charge in [0.15, 0.2) is 0 Å². The van der Waals surface area contributed by atoms with E-state index in [1.165, 1.54) is 0 Å². The first kappa shape index (κ1) is 10.2. The Morgan fingerprint density at radius 2 is 2.00 bits per heavy atom. The van der Waals surface area contributed by atoms with Gasteiger partial charge in [0, 0.05) is 12.3 Å². The first-order chi connectivity index (χ1) is 5.90. The van der Waals surface area contributed by atoms with E-state index >= 15 is 0 Å². The highest BCUT2D eigenvalue weighted by molar-refractivity contribution is 5.13. The van der Waals surface area contributed by atoms with Crippen molar-refractivity contribution in [3.05, 3.63) is 11.4 Å². The molecule has 0 spiro atoms. The largest absolute Gasteiger partial charge is 0.390 e. The number of aliphatic hydroxyl groups is 1. The number of rotatable bonds is 3. The maximum absolute atomic E-state index is 9.59. The van der Waals surface area contributed by atoms with Gasteiger partial charge in [0.1, 0.15) is 11.4 Å². The molecule has 1 heterocycles. The topological polar surface area (TPSA) is 59.2 Å². The molecule has 0 unspecified atom stereocenters. The van der Waals surface area contributed by atoms with E-state index in [1.54, 1.807) is 13.8 Å². The van der Waals surface area contributed by atoms with Gasteiger partial charge in [-0.25, -0.2) is 4.63 Å². The van der Waals surface area contributed by atoms with Crippen LogP contribution in [0.5, 0.6) is 0 Å². The Morgan fingerprint density at radius 3 is 2.46 bits per heavy atom. The fraction of sp³-hybridized carbons (Fsp3) is 0.778. The van der Waals surface area contributed by atoms with Crippen LogP contribution in [0, 0.1) is 0 Å². The molecular weight excluding hydrogens is 168 g/mol. The van der Waals surface area contributed by atoms with Crippen molar-refractivity contribution in [2.45, 2.75) is 45.6 Å². The van der Waals surface area contributed by atoms with E-state index in [1.807, 2.05) is 13.8 Å². The monoisotopic (exact) mass is 184 g/mol. The second kappa shape index (κ2) is 3.46. The summed E-state index contributed by atoms with van der Waals surface area (Å²) in [7, 11) is 0. The lowest BCUT2D eigenvalue weighted by Gasteiger charge is -2.15. The Labute approximate surface area is 77.9 Å². The molecule has 0 atom stereocenters. The molecule has 0 bridgehead atoms. The number of hydrogen-bond donors (Lipinski definition) is 1. The number of hydrogen-bond acceptors (Lipinski definition) is 4. The van der Waals surface area contributed by atoms with E-state index in [0.29, 0.717) is 6.42 Å². The molecule has 1 aromatic heterocycles. The quantitative estimate of drug-likeness (QED) is 0.773. The predicted molar refractivity (Wildman–Crippen MR) is 48.4 cm³/mol. The summed E-state index contributed by atoms with van der Waals surface area (Å²) >= 11 is 0. The lowest BCUT2D eigenvalue weighted by molar-refractivity contribution is 0.0786. The molecule has 4 nitrogen and oxygen atoms in total.